The summed E-state index contributed by atoms with van der Waals surface area (Å²) in [5, 5.41) is 10.5. The fourth-order valence-corrected chi connectivity index (χ4v) is 3.08. The van der Waals surface area contributed by atoms with Crippen LogP contribution in [0.25, 0.3) is 0 Å². The Morgan fingerprint density at radius 2 is 2.10 bits per heavy atom. The number of rotatable bonds is 2. The Morgan fingerprint density at radius 1 is 1.30 bits per heavy atom. The largest absolute Gasteiger partial charge is 0.493 e. The fourth-order valence-electron chi connectivity index (χ4n) is 2.36. The van der Waals surface area contributed by atoms with Crippen molar-refractivity contribution in [3.05, 3.63) is 62.3 Å². The summed E-state index contributed by atoms with van der Waals surface area (Å²) in [7, 11) is 0. The molecule has 0 fully saturated rings. The third-order valence-electron chi connectivity index (χ3n) is 3.33. The fraction of sp³-hybridized carbons (Fsp3) is 0.200. The molecule has 1 aliphatic heterocycles. The number of aliphatic hydroxyl groups excluding tert-OH is 1. The molecular weight excluding hydrogens is 347 g/mol. The quantitative estimate of drug-likeness (QED) is 0.870. The van der Waals surface area contributed by atoms with Crippen LogP contribution in [0.1, 0.15) is 22.8 Å². The van der Waals surface area contributed by atoms with E-state index in [1.807, 2.05) is 12.1 Å². The molecule has 0 saturated carbocycles. The van der Waals surface area contributed by atoms with E-state index in [2.05, 4.69) is 15.9 Å². The molecule has 2 aromatic rings. The number of benzene rings is 2. The SMILES string of the molecule is OC(c1ccc(F)c(Cl)c1)c1cc(Br)cc2c1OCC2. The van der Waals surface area contributed by atoms with Crippen LogP contribution in [0.5, 0.6) is 5.75 Å². The maximum absolute atomic E-state index is 13.2. The summed E-state index contributed by atoms with van der Waals surface area (Å²) in [6.45, 7) is 0.607. The van der Waals surface area contributed by atoms with E-state index in [1.165, 1.54) is 18.2 Å². The van der Waals surface area contributed by atoms with Crippen LogP contribution in [0.15, 0.2) is 34.8 Å². The van der Waals surface area contributed by atoms with Gasteiger partial charge in [-0.1, -0.05) is 33.6 Å². The van der Waals surface area contributed by atoms with Gasteiger partial charge in [-0.25, -0.2) is 4.39 Å². The van der Waals surface area contributed by atoms with Gasteiger partial charge in [-0.2, -0.15) is 0 Å². The number of hydrogen-bond acceptors (Lipinski definition) is 2. The molecule has 2 aromatic carbocycles. The first-order valence-electron chi connectivity index (χ1n) is 6.14. The van der Waals surface area contributed by atoms with E-state index in [9.17, 15) is 9.50 Å². The molecule has 0 spiro atoms. The van der Waals surface area contributed by atoms with Crippen LogP contribution < -0.4 is 4.74 Å². The summed E-state index contributed by atoms with van der Waals surface area (Å²) < 4.78 is 19.7. The lowest BCUT2D eigenvalue weighted by Gasteiger charge is -2.16. The molecule has 0 saturated heterocycles. The molecular formula is C15H11BrClFO2. The molecule has 0 amide bonds. The van der Waals surface area contributed by atoms with Crippen molar-refractivity contribution in [3.63, 3.8) is 0 Å². The first-order valence-corrected chi connectivity index (χ1v) is 7.31. The molecule has 1 unspecified atom stereocenters. The standard InChI is InChI=1S/C15H11BrClFO2/c16-10-5-9-3-4-20-15(9)11(7-10)14(19)8-1-2-13(18)12(17)6-8/h1-2,5-7,14,19H,3-4H2. The Labute approximate surface area is 129 Å². The van der Waals surface area contributed by atoms with Gasteiger partial charge in [0.25, 0.3) is 0 Å². The minimum absolute atomic E-state index is 0.00545. The van der Waals surface area contributed by atoms with Gasteiger partial charge in [0.2, 0.25) is 0 Å². The summed E-state index contributed by atoms with van der Waals surface area (Å²) in [4.78, 5) is 0. The lowest BCUT2D eigenvalue weighted by molar-refractivity contribution is 0.213. The highest BCUT2D eigenvalue weighted by atomic mass is 79.9. The summed E-state index contributed by atoms with van der Waals surface area (Å²) >= 11 is 9.20. The molecule has 1 aliphatic rings. The van der Waals surface area contributed by atoms with Crippen LogP contribution in [0, 0.1) is 5.82 Å². The number of ether oxygens (including phenoxy) is 1. The van der Waals surface area contributed by atoms with E-state index >= 15 is 0 Å². The Morgan fingerprint density at radius 3 is 2.85 bits per heavy atom. The van der Waals surface area contributed by atoms with Crippen LogP contribution in [-0.2, 0) is 6.42 Å². The zero-order valence-electron chi connectivity index (χ0n) is 10.4. The average Bonchev–Trinajstić information content (AvgIpc) is 2.88. The molecule has 3 rings (SSSR count). The van der Waals surface area contributed by atoms with E-state index in [-0.39, 0.29) is 5.02 Å². The minimum atomic E-state index is -0.905. The second-order valence-corrected chi connectivity index (χ2v) is 5.98. The molecule has 104 valence electrons. The molecule has 0 radical (unpaired) electrons. The van der Waals surface area contributed by atoms with Crippen molar-refractivity contribution in [1.29, 1.82) is 0 Å². The van der Waals surface area contributed by atoms with Crippen LogP contribution in [-0.4, -0.2) is 11.7 Å². The molecule has 1 atom stereocenters. The van der Waals surface area contributed by atoms with Gasteiger partial charge in [-0.05, 0) is 35.4 Å². The van der Waals surface area contributed by atoms with Gasteiger partial charge < -0.3 is 9.84 Å². The average molecular weight is 358 g/mol. The summed E-state index contributed by atoms with van der Waals surface area (Å²) in [6, 6.07) is 8.00. The van der Waals surface area contributed by atoms with Crippen LogP contribution in [0.2, 0.25) is 5.02 Å². The Hall–Kier alpha value is -1.10. The first kappa shape index (κ1) is 13.9. The first-order chi connectivity index (χ1) is 9.56. The number of halogens is 3. The molecule has 0 bridgehead atoms. The minimum Gasteiger partial charge on any atom is -0.493 e. The van der Waals surface area contributed by atoms with Gasteiger partial charge in [0.15, 0.2) is 0 Å². The second-order valence-electron chi connectivity index (χ2n) is 4.66. The van der Waals surface area contributed by atoms with Gasteiger partial charge in [0.05, 0.1) is 11.6 Å². The third kappa shape index (κ3) is 2.43. The predicted molar refractivity (Wildman–Crippen MR) is 78.8 cm³/mol. The molecule has 0 aromatic heterocycles. The van der Waals surface area contributed by atoms with E-state index in [0.717, 1.165) is 16.5 Å². The highest BCUT2D eigenvalue weighted by Crippen LogP contribution is 2.39. The maximum atomic E-state index is 13.2. The molecule has 1 heterocycles. The zero-order chi connectivity index (χ0) is 14.3. The van der Waals surface area contributed by atoms with Gasteiger partial charge in [0.1, 0.15) is 17.7 Å². The molecule has 20 heavy (non-hydrogen) atoms. The van der Waals surface area contributed by atoms with Gasteiger partial charge in [0, 0.05) is 16.5 Å². The Kier molecular flexibility index (Phi) is 3.71. The highest BCUT2D eigenvalue weighted by Gasteiger charge is 2.23. The maximum Gasteiger partial charge on any atom is 0.141 e. The van der Waals surface area contributed by atoms with Gasteiger partial charge >= 0.3 is 0 Å². The van der Waals surface area contributed by atoms with Gasteiger partial charge in [-0.3, -0.25) is 0 Å². The van der Waals surface area contributed by atoms with Crippen molar-refractivity contribution in [2.75, 3.05) is 6.61 Å². The molecule has 0 aliphatic carbocycles. The van der Waals surface area contributed by atoms with Crippen molar-refractivity contribution < 1.29 is 14.2 Å². The predicted octanol–water partition coefficient (Wildman–Crippen LogP) is 4.26. The molecule has 5 heteroatoms. The van der Waals surface area contributed by atoms with Crippen molar-refractivity contribution in [2.24, 2.45) is 0 Å². The molecule has 2 nitrogen and oxygen atoms in total. The Bertz CT molecular complexity index is 675. The van der Waals surface area contributed by atoms with E-state index in [0.29, 0.717) is 23.5 Å². The zero-order valence-corrected chi connectivity index (χ0v) is 12.7. The number of fused-ring (bicyclic) bond motifs is 1. The van der Waals surface area contributed by atoms with Gasteiger partial charge in [-0.15, -0.1) is 0 Å². The van der Waals surface area contributed by atoms with Crippen molar-refractivity contribution in [1.82, 2.24) is 0 Å². The number of aliphatic hydroxyl groups is 1. The summed E-state index contributed by atoms with van der Waals surface area (Å²) in [6.07, 6.45) is -0.0870. The number of hydrogen-bond donors (Lipinski definition) is 1. The second kappa shape index (κ2) is 5.35. The molecule has 1 N–H and O–H groups in total. The van der Waals surface area contributed by atoms with Crippen LogP contribution >= 0.6 is 27.5 Å². The van der Waals surface area contributed by atoms with Crippen molar-refractivity contribution >= 4 is 27.5 Å². The third-order valence-corrected chi connectivity index (χ3v) is 4.08. The normalized spacial score (nSPS) is 14.8. The van der Waals surface area contributed by atoms with Crippen LogP contribution in [0.4, 0.5) is 4.39 Å². The van der Waals surface area contributed by atoms with E-state index in [4.69, 9.17) is 16.3 Å². The summed E-state index contributed by atoms with van der Waals surface area (Å²) in [5.74, 6) is 0.208. The Balaban J connectivity index is 2.06. The van der Waals surface area contributed by atoms with Crippen molar-refractivity contribution in [3.8, 4) is 5.75 Å². The topological polar surface area (TPSA) is 29.5 Å². The van der Waals surface area contributed by atoms with E-state index < -0.39 is 11.9 Å². The summed E-state index contributed by atoms with van der Waals surface area (Å²) in [5.41, 5.74) is 2.25. The van der Waals surface area contributed by atoms with Crippen molar-refractivity contribution in [2.45, 2.75) is 12.5 Å². The lowest BCUT2D eigenvalue weighted by atomic mass is 9.98. The lowest BCUT2D eigenvalue weighted by Crippen LogP contribution is -2.03. The van der Waals surface area contributed by atoms with Crippen LogP contribution in [0.3, 0.4) is 0 Å². The van der Waals surface area contributed by atoms with E-state index in [1.54, 1.807) is 0 Å². The monoisotopic (exact) mass is 356 g/mol. The smallest absolute Gasteiger partial charge is 0.141 e. The highest BCUT2D eigenvalue weighted by molar-refractivity contribution is 9.10.